The predicted molar refractivity (Wildman–Crippen MR) is 133 cm³/mol. The van der Waals surface area contributed by atoms with Crippen LogP contribution in [0.4, 0.5) is 0 Å². The monoisotopic (exact) mass is 450 g/mol. The van der Waals surface area contributed by atoms with Crippen LogP contribution in [0.2, 0.25) is 0 Å². The van der Waals surface area contributed by atoms with E-state index in [1.807, 2.05) is 53.7 Å². The highest BCUT2D eigenvalue weighted by atomic mass is 16.5. The van der Waals surface area contributed by atoms with Crippen molar-refractivity contribution < 1.29 is 14.3 Å². The number of ketones is 1. The number of ether oxygens (including phenoxy) is 2. The van der Waals surface area contributed by atoms with Crippen LogP contribution < -0.4 is 9.47 Å². The van der Waals surface area contributed by atoms with E-state index in [0.717, 1.165) is 25.1 Å². The summed E-state index contributed by atoms with van der Waals surface area (Å²) in [5.41, 5.74) is 1.85. The fourth-order valence-electron chi connectivity index (χ4n) is 3.57. The van der Waals surface area contributed by atoms with Crippen LogP contribution in [-0.4, -0.2) is 42.0 Å². The van der Waals surface area contributed by atoms with Crippen molar-refractivity contribution in [2.45, 2.75) is 47.1 Å². The number of benzene rings is 2. The van der Waals surface area contributed by atoms with Gasteiger partial charge < -0.3 is 19.3 Å². The minimum Gasteiger partial charge on any atom is -0.494 e. The topological polar surface area (TPSA) is 42.0 Å². The van der Waals surface area contributed by atoms with Crippen LogP contribution in [0.5, 0.6) is 11.5 Å². The van der Waals surface area contributed by atoms with Crippen LogP contribution in [0, 0.1) is 11.8 Å². The molecular formula is C28H38N2O3. The Morgan fingerprint density at radius 1 is 0.879 bits per heavy atom. The maximum absolute atomic E-state index is 13.3. The van der Waals surface area contributed by atoms with Crippen molar-refractivity contribution in [1.82, 2.24) is 9.80 Å². The van der Waals surface area contributed by atoms with Crippen LogP contribution in [-0.2, 0) is 6.54 Å². The van der Waals surface area contributed by atoms with E-state index in [0.29, 0.717) is 49.6 Å². The van der Waals surface area contributed by atoms with Gasteiger partial charge in [-0.1, -0.05) is 58.0 Å². The number of rotatable bonds is 13. The zero-order valence-electron chi connectivity index (χ0n) is 20.5. The largest absolute Gasteiger partial charge is 0.494 e. The van der Waals surface area contributed by atoms with Crippen LogP contribution in [0.15, 0.2) is 60.9 Å². The molecule has 178 valence electrons. The molecule has 0 N–H and O–H groups in total. The van der Waals surface area contributed by atoms with E-state index < -0.39 is 0 Å². The molecule has 0 saturated carbocycles. The van der Waals surface area contributed by atoms with Gasteiger partial charge in [0.15, 0.2) is 5.78 Å². The molecule has 0 spiro atoms. The van der Waals surface area contributed by atoms with Crippen LogP contribution in [0.1, 0.15) is 56.5 Å². The lowest BCUT2D eigenvalue weighted by Gasteiger charge is -2.21. The Morgan fingerprint density at radius 2 is 1.55 bits per heavy atom. The van der Waals surface area contributed by atoms with Crippen molar-refractivity contribution in [3.8, 4) is 11.5 Å². The molecule has 0 aromatic heterocycles. The number of carbonyl (C=O) groups excluding carboxylic acids is 1. The molecule has 1 heterocycles. The maximum atomic E-state index is 13.3. The van der Waals surface area contributed by atoms with Gasteiger partial charge in [0.2, 0.25) is 0 Å². The standard InChI is InChI=1S/C28H38N2O3/c1-22(2)12-16-32-25-10-11-28(33-17-13-23(3)4)26(18-25)27(31)20-30-15-14-29(21-30)19-24-8-6-5-7-9-24/h5-11,14-15,18,22-23H,12-13,16-17,19-21H2,1-4H3. The van der Waals surface area contributed by atoms with E-state index in [-0.39, 0.29) is 5.78 Å². The summed E-state index contributed by atoms with van der Waals surface area (Å²) in [6.45, 7) is 11.7. The quantitative estimate of drug-likeness (QED) is 0.352. The summed E-state index contributed by atoms with van der Waals surface area (Å²) >= 11 is 0. The Balaban J connectivity index is 1.63. The minimum atomic E-state index is 0.0371. The number of Topliss-reactive ketones (excluding diaryl/α,β-unsaturated/α-hetero) is 1. The van der Waals surface area contributed by atoms with Crippen molar-refractivity contribution in [3.05, 3.63) is 72.1 Å². The second kappa shape index (κ2) is 12.3. The van der Waals surface area contributed by atoms with Gasteiger partial charge in [0.25, 0.3) is 0 Å². The van der Waals surface area contributed by atoms with Crippen LogP contribution >= 0.6 is 0 Å². The van der Waals surface area contributed by atoms with Crippen LogP contribution in [0.3, 0.4) is 0 Å². The molecule has 1 aliphatic heterocycles. The van der Waals surface area contributed by atoms with E-state index >= 15 is 0 Å². The maximum Gasteiger partial charge on any atom is 0.185 e. The second-order valence-corrected chi connectivity index (χ2v) is 9.56. The molecule has 1 aliphatic rings. The summed E-state index contributed by atoms with van der Waals surface area (Å²) in [4.78, 5) is 17.5. The molecule has 0 amide bonds. The molecule has 0 atom stereocenters. The van der Waals surface area contributed by atoms with E-state index in [4.69, 9.17) is 9.47 Å². The van der Waals surface area contributed by atoms with Crippen molar-refractivity contribution in [3.63, 3.8) is 0 Å². The van der Waals surface area contributed by atoms with E-state index in [9.17, 15) is 4.79 Å². The highest BCUT2D eigenvalue weighted by Crippen LogP contribution is 2.26. The van der Waals surface area contributed by atoms with Gasteiger partial charge in [-0.25, -0.2) is 0 Å². The van der Waals surface area contributed by atoms with Gasteiger partial charge in [0.05, 0.1) is 32.0 Å². The molecule has 3 rings (SSSR count). The van der Waals surface area contributed by atoms with Crippen molar-refractivity contribution in [1.29, 1.82) is 0 Å². The van der Waals surface area contributed by atoms with Gasteiger partial charge in [-0.05, 0) is 48.4 Å². The fraction of sp³-hybridized carbons (Fsp3) is 0.464. The van der Waals surface area contributed by atoms with Gasteiger partial charge in [-0.15, -0.1) is 0 Å². The third-order valence-electron chi connectivity index (χ3n) is 5.59. The Kier molecular flexibility index (Phi) is 9.23. The normalized spacial score (nSPS) is 13.3. The first-order chi connectivity index (χ1) is 15.9. The molecule has 0 fully saturated rings. The highest BCUT2D eigenvalue weighted by molar-refractivity contribution is 6.00. The van der Waals surface area contributed by atoms with Crippen molar-refractivity contribution >= 4 is 5.78 Å². The molecule has 2 aromatic carbocycles. The van der Waals surface area contributed by atoms with Crippen molar-refractivity contribution in [2.75, 3.05) is 26.4 Å². The molecule has 0 unspecified atom stereocenters. The van der Waals surface area contributed by atoms with Gasteiger partial charge in [0.1, 0.15) is 11.5 Å². The minimum absolute atomic E-state index is 0.0371. The summed E-state index contributed by atoms with van der Waals surface area (Å²) in [7, 11) is 0. The fourth-order valence-corrected chi connectivity index (χ4v) is 3.57. The third-order valence-corrected chi connectivity index (χ3v) is 5.59. The second-order valence-electron chi connectivity index (χ2n) is 9.56. The summed E-state index contributed by atoms with van der Waals surface area (Å²) in [6.07, 6.45) is 5.96. The molecule has 5 heteroatoms. The average molecular weight is 451 g/mol. The first-order valence-electron chi connectivity index (χ1n) is 12.0. The number of hydrogen-bond acceptors (Lipinski definition) is 5. The Hall–Kier alpha value is -2.95. The number of nitrogens with zero attached hydrogens (tertiary/aromatic N) is 2. The zero-order chi connectivity index (χ0) is 23.6. The van der Waals surface area contributed by atoms with Crippen molar-refractivity contribution in [2.24, 2.45) is 11.8 Å². The summed E-state index contributed by atoms with van der Waals surface area (Å²) in [6, 6.07) is 16.0. The third kappa shape index (κ3) is 8.16. The smallest absolute Gasteiger partial charge is 0.185 e. The van der Waals surface area contributed by atoms with Gasteiger partial charge in [-0.2, -0.15) is 0 Å². The first kappa shape index (κ1) is 24.7. The molecular weight excluding hydrogens is 412 g/mol. The number of carbonyl (C=O) groups is 1. The lowest BCUT2D eigenvalue weighted by Crippen LogP contribution is -2.29. The van der Waals surface area contributed by atoms with Crippen LogP contribution in [0.25, 0.3) is 0 Å². The predicted octanol–water partition coefficient (Wildman–Crippen LogP) is 5.97. The van der Waals surface area contributed by atoms with E-state index in [1.165, 1.54) is 5.56 Å². The Bertz CT molecular complexity index is 909. The highest BCUT2D eigenvalue weighted by Gasteiger charge is 2.20. The molecule has 0 bridgehead atoms. The molecule has 0 radical (unpaired) electrons. The van der Waals surface area contributed by atoms with E-state index in [1.54, 1.807) is 0 Å². The van der Waals surface area contributed by atoms with Gasteiger partial charge in [0, 0.05) is 18.9 Å². The molecule has 5 nitrogen and oxygen atoms in total. The lowest BCUT2D eigenvalue weighted by atomic mass is 10.1. The molecule has 0 aliphatic carbocycles. The zero-order valence-corrected chi connectivity index (χ0v) is 20.5. The lowest BCUT2D eigenvalue weighted by molar-refractivity contribution is 0.0939. The van der Waals surface area contributed by atoms with Gasteiger partial charge in [-0.3, -0.25) is 4.79 Å². The Labute approximate surface area is 199 Å². The summed E-state index contributed by atoms with van der Waals surface area (Å²) < 4.78 is 11.9. The Morgan fingerprint density at radius 3 is 2.24 bits per heavy atom. The SMILES string of the molecule is CC(C)CCOc1ccc(OCCC(C)C)c(C(=O)CN2C=CN(Cc3ccccc3)C2)c1. The number of hydrogen-bond donors (Lipinski definition) is 0. The molecule has 33 heavy (non-hydrogen) atoms. The average Bonchev–Trinajstić information content (AvgIpc) is 3.21. The summed E-state index contributed by atoms with van der Waals surface area (Å²) in [5.74, 6) is 2.52. The summed E-state index contributed by atoms with van der Waals surface area (Å²) in [5, 5.41) is 0. The van der Waals surface area contributed by atoms with E-state index in [2.05, 4.69) is 44.7 Å². The molecule has 2 aromatic rings. The first-order valence-corrected chi connectivity index (χ1v) is 12.0. The molecule has 0 saturated heterocycles. The van der Waals surface area contributed by atoms with Gasteiger partial charge >= 0.3 is 0 Å².